The summed E-state index contributed by atoms with van der Waals surface area (Å²) in [6.07, 6.45) is -3.29. The van der Waals surface area contributed by atoms with Gasteiger partial charge >= 0.3 is 12.2 Å². The lowest BCUT2D eigenvalue weighted by atomic mass is 10.2. The lowest BCUT2D eigenvalue weighted by Crippen LogP contribution is -2.33. The van der Waals surface area contributed by atoms with Gasteiger partial charge in [-0.3, -0.25) is 0 Å². The number of nitrogens with zero attached hydrogens (tertiary/aromatic N) is 1. The molecule has 0 aliphatic carbocycles. The van der Waals surface area contributed by atoms with Crippen LogP contribution in [0, 0.1) is 5.82 Å². The van der Waals surface area contributed by atoms with E-state index in [1.165, 1.54) is 30.5 Å². The number of hydrogen-bond acceptors (Lipinski definition) is 3. The maximum Gasteiger partial charge on any atom is 0.419 e. The van der Waals surface area contributed by atoms with E-state index in [4.69, 9.17) is 0 Å². The summed E-state index contributed by atoms with van der Waals surface area (Å²) in [6.45, 7) is 0.0406. The Labute approximate surface area is 135 Å². The number of rotatable bonds is 5. The number of urea groups is 1. The van der Waals surface area contributed by atoms with Gasteiger partial charge in [-0.15, -0.1) is 0 Å². The summed E-state index contributed by atoms with van der Waals surface area (Å²) in [5, 5.41) is 7.20. The zero-order chi connectivity index (χ0) is 17.6. The number of halogens is 4. The number of amides is 2. The Kier molecular flexibility index (Phi) is 5.56. The first-order valence-electron chi connectivity index (χ1n) is 6.93. The molecule has 0 atom stereocenters. The number of hydrogen-bond donors (Lipinski definition) is 3. The monoisotopic (exact) mass is 342 g/mol. The highest BCUT2D eigenvalue weighted by atomic mass is 19.4. The Morgan fingerprint density at radius 2 is 1.83 bits per heavy atom. The Bertz CT molecular complexity index is 706. The van der Waals surface area contributed by atoms with E-state index in [2.05, 4.69) is 20.9 Å². The molecule has 0 radical (unpaired) electrons. The minimum atomic E-state index is -4.52. The van der Waals surface area contributed by atoms with Crippen molar-refractivity contribution in [1.82, 2.24) is 10.3 Å². The quantitative estimate of drug-likeness (QED) is 0.576. The lowest BCUT2D eigenvalue weighted by Gasteiger charge is -2.13. The molecule has 0 aliphatic heterocycles. The zero-order valence-corrected chi connectivity index (χ0v) is 12.3. The zero-order valence-electron chi connectivity index (χ0n) is 12.3. The fraction of sp³-hybridized carbons (Fsp3) is 0.200. The van der Waals surface area contributed by atoms with Crippen molar-refractivity contribution < 1.29 is 22.4 Å². The van der Waals surface area contributed by atoms with Crippen LogP contribution in [0.5, 0.6) is 0 Å². The standard InChI is InChI=1S/C15H14F4N4O/c16-11-5-1-2-6-12(11)23-14(24)22-9-8-21-13-10(15(17,18)19)4-3-7-20-13/h1-7H,8-9H2,(H,20,21)(H2,22,23,24). The summed E-state index contributed by atoms with van der Waals surface area (Å²) in [6, 6.07) is 7.04. The second kappa shape index (κ2) is 7.62. The van der Waals surface area contributed by atoms with Crippen LogP contribution in [0.2, 0.25) is 0 Å². The van der Waals surface area contributed by atoms with Crippen molar-refractivity contribution in [3.8, 4) is 0 Å². The molecule has 0 unspecified atom stereocenters. The Morgan fingerprint density at radius 1 is 1.08 bits per heavy atom. The van der Waals surface area contributed by atoms with Gasteiger partial charge in [-0.05, 0) is 24.3 Å². The van der Waals surface area contributed by atoms with Crippen LogP contribution in [-0.2, 0) is 6.18 Å². The molecule has 1 aromatic carbocycles. The average molecular weight is 342 g/mol. The first-order chi connectivity index (χ1) is 11.4. The number of benzene rings is 1. The van der Waals surface area contributed by atoms with Crippen molar-refractivity contribution in [1.29, 1.82) is 0 Å². The van der Waals surface area contributed by atoms with Gasteiger partial charge in [0.2, 0.25) is 0 Å². The summed E-state index contributed by atoms with van der Waals surface area (Å²) >= 11 is 0. The smallest absolute Gasteiger partial charge is 0.368 e. The van der Waals surface area contributed by atoms with Gasteiger partial charge in [-0.25, -0.2) is 14.2 Å². The number of anilines is 2. The summed E-state index contributed by atoms with van der Waals surface area (Å²) < 4.78 is 51.7. The molecular formula is C15H14F4N4O. The molecule has 0 aliphatic rings. The van der Waals surface area contributed by atoms with Gasteiger partial charge in [0.15, 0.2) is 0 Å². The Balaban J connectivity index is 1.81. The summed E-state index contributed by atoms with van der Waals surface area (Å²) in [5.74, 6) is -0.907. The molecule has 1 heterocycles. The molecular weight excluding hydrogens is 328 g/mol. The van der Waals surface area contributed by atoms with Crippen LogP contribution in [0.4, 0.5) is 33.9 Å². The average Bonchev–Trinajstić information content (AvgIpc) is 2.53. The van der Waals surface area contributed by atoms with E-state index in [1.807, 2.05) is 0 Å². The predicted octanol–water partition coefficient (Wildman–Crippen LogP) is 3.47. The molecule has 24 heavy (non-hydrogen) atoms. The topological polar surface area (TPSA) is 66.0 Å². The van der Waals surface area contributed by atoms with Crippen molar-refractivity contribution in [3.05, 3.63) is 54.0 Å². The van der Waals surface area contributed by atoms with E-state index in [-0.39, 0.29) is 24.6 Å². The van der Waals surface area contributed by atoms with E-state index in [9.17, 15) is 22.4 Å². The van der Waals surface area contributed by atoms with Gasteiger partial charge in [0.05, 0.1) is 11.3 Å². The third-order valence-electron chi connectivity index (χ3n) is 2.94. The molecule has 0 saturated carbocycles. The fourth-order valence-electron chi connectivity index (χ4n) is 1.86. The van der Waals surface area contributed by atoms with E-state index >= 15 is 0 Å². The number of pyridine rings is 1. The van der Waals surface area contributed by atoms with Crippen molar-refractivity contribution >= 4 is 17.5 Å². The van der Waals surface area contributed by atoms with Crippen LogP contribution in [0.1, 0.15) is 5.56 Å². The minimum absolute atomic E-state index is 0.00652. The highest BCUT2D eigenvalue weighted by molar-refractivity contribution is 5.89. The SMILES string of the molecule is O=C(NCCNc1ncccc1C(F)(F)F)Nc1ccccc1F. The summed E-state index contributed by atoms with van der Waals surface area (Å²) in [4.78, 5) is 15.2. The van der Waals surface area contributed by atoms with E-state index < -0.39 is 23.6 Å². The van der Waals surface area contributed by atoms with Crippen molar-refractivity contribution in [3.63, 3.8) is 0 Å². The molecule has 0 bridgehead atoms. The Morgan fingerprint density at radius 3 is 2.54 bits per heavy atom. The van der Waals surface area contributed by atoms with Crippen molar-refractivity contribution in [2.24, 2.45) is 0 Å². The van der Waals surface area contributed by atoms with Crippen LogP contribution < -0.4 is 16.0 Å². The molecule has 2 amide bonds. The van der Waals surface area contributed by atoms with Crippen molar-refractivity contribution in [2.75, 3.05) is 23.7 Å². The summed E-state index contributed by atoms with van der Waals surface area (Å²) in [5.41, 5.74) is -0.882. The number of nitrogens with one attached hydrogen (secondary N) is 3. The van der Waals surface area contributed by atoms with Crippen LogP contribution in [-0.4, -0.2) is 24.1 Å². The van der Waals surface area contributed by atoms with Gasteiger partial charge in [0, 0.05) is 19.3 Å². The normalized spacial score (nSPS) is 11.0. The molecule has 128 valence electrons. The van der Waals surface area contributed by atoms with E-state index in [1.54, 1.807) is 6.07 Å². The second-order valence-corrected chi connectivity index (χ2v) is 4.68. The lowest BCUT2D eigenvalue weighted by molar-refractivity contribution is -0.137. The van der Waals surface area contributed by atoms with Crippen LogP contribution in [0.3, 0.4) is 0 Å². The molecule has 2 rings (SSSR count). The first kappa shape index (κ1) is 17.5. The van der Waals surface area contributed by atoms with E-state index in [0.29, 0.717) is 0 Å². The molecule has 0 fully saturated rings. The van der Waals surface area contributed by atoms with Gasteiger partial charge in [0.25, 0.3) is 0 Å². The van der Waals surface area contributed by atoms with Gasteiger partial charge in [-0.1, -0.05) is 12.1 Å². The van der Waals surface area contributed by atoms with Gasteiger partial charge in [-0.2, -0.15) is 13.2 Å². The number of alkyl halides is 3. The predicted molar refractivity (Wildman–Crippen MR) is 81.2 cm³/mol. The maximum atomic E-state index is 13.3. The maximum absolute atomic E-state index is 13.3. The van der Waals surface area contributed by atoms with E-state index in [0.717, 1.165) is 6.07 Å². The van der Waals surface area contributed by atoms with Gasteiger partial charge < -0.3 is 16.0 Å². The number of para-hydroxylation sites is 1. The third-order valence-corrected chi connectivity index (χ3v) is 2.94. The number of carbonyl (C=O) groups is 1. The second-order valence-electron chi connectivity index (χ2n) is 4.68. The number of carbonyl (C=O) groups excluding carboxylic acids is 1. The molecule has 3 N–H and O–H groups in total. The van der Waals surface area contributed by atoms with Crippen molar-refractivity contribution in [2.45, 2.75) is 6.18 Å². The minimum Gasteiger partial charge on any atom is -0.368 e. The van der Waals surface area contributed by atoms with Gasteiger partial charge in [0.1, 0.15) is 11.6 Å². The molecule has 0 spiro atoms. The van der Waals surface area contributed by atoms with Crippen LogP contribution >= 0.6 is 0 Å². The number of aromatic nitrogens is 1. The van der Waals surface area contributed by atoms with Crippen LogP contribution in [0.25, 0.3) is 0 Å². The largest absolute Gasteiger partial charge is 0.419 e. The highest BCUT2D eigenvalue weighted by Crippen LogP contribution is 2.33. The Hall–Kier alpha value is -2.84. The summed E-state index contributed by atoms with van der Waals surface area (Å²) in [7, 11) is 0. The molecule has 5 nitrogen and oxygen atoms in total. The molecule has 9 heteroatoms. The highest BCUT2D eigenvalue weighted by Gasteiger charge is 2.33. The first-order valence-corrected chi connectivity index (χ1v) is 6.93. The third kappa shape index (κ3) is 4.83. The fourth-order valence-corrected chi connectivity index (χ4v) is 1.86. The molecule has 1 aromatic heterocycles. The molecule has 2 aromatic rings. The molecule has 0 saturated heterocycles. The van der Waals surface area contributed by atoms with Crippen LogP contribution in [0.15, 0.2) is 42.6 Å².